The van der Waals surface area contributed by atoms with Gasteiger partial charge in [-0.05, 0) is 43.2 Å². The lowest BCUT2D eigenvalue weighted by molar-refractivity contribution is -0.140. The molecule has 2 aromatic rings. The molecule has 1 atom stereocenters. The predicted molar refractivity (Wildman–Crippen MR) is 111 cm³/mol. The number of carbonyl (C=O) groups excluding carboxylic acids is 2. The fourth-order valence-electron chi connectivity index (χ4n) is 3.59. The summed E-state index contributed by atoms with van der Waals surface area (Å²) in [6.45, 7) is 3.00. The van der Waals surface area contributed by atoms with E-state index in [1.807, 2.05) is 6.92 Å². The van der Waals surface area contributed by atoms with Gasteiger partial charge >= 0.3 is 0 Å². The van der Waals surface area contributed by atoms with Crippen LogP contribution in [0.5, 0.6) is 11.5 Å². The van der Waals surface area contributed by atoms with E-state index in [0.717, 1.165) is 0 Å². The lowest BCUT2D eigenvalue weighted by Crippen LogP contribution is -2.31. The van der Waals surface area contributed by atoms with Crippen molar-refractivity contribution in [3.8, 4) is 11.5 Å². The zero-order valence-corrected chi connectivity index (χ0v) is 17.0. The van der Waals surface area contributed by atoms with Crippen LogP contribution in [0.2, 0.25) is 0 Å². The SMILES string of the molecule is CCOc1cccc(/C(O)=C2/C(=O)C(=O)N(CCCOC)C2c2cccc(O)c2)c1. The number of hydrogen-bond donors (Lipinski definition) is 2. The minimum absolute atomic E-state index is 0.00771. The summed E-state index contributed by atoms with van der Waals surface area (Å²) in [5.41, 5.74) is 0.895. The van der Waals surface area contributed by atoms with E-state index in [2.05, 4.69) is 0 Å². The number of carbonyl (C=O) groups is 2. The van der Waals surface area contributed by atoms with E-state index >= 15 is 0 Å². The largest absolute Gasteiger partial charge is 0.508 e. The van der Waals surface area contributed by atoms with Crippen LogP contribution in [-0.4, -0.2) is 53.7 Å². The number of phenolic OH excluding ortho intramolecular Hbond substituents is 1. The number of likely N-dealkylation sites (tertiary alicyclic amines) is 1. The third kappa shape index (κ3) is 4.31. The molecule has 0 aliphatic carbocycles. The van der Waals surface area contributed by atoms with Crippen LogP contribution in [0.25, 0.3) is 5.76 Å². The molecule has 2 N–H and O–H groups in total. The van der Waals surface area contributed by atoms with E-state index in [9.17, 15) is 19.8 Å². The Morgan fingerprint density at radius 2 is 1.90 bits per heavy atom. The number of Topliss-reactive ketones (excluding diaryl/α,β-unsaturated/α-hetero) is 1. The summed E-state index contributed by atoms with van der Waals surface area (Å²) in [6, 6.07) is 12.3. The Bertz CT molecular complexity index is 968. The molecule has 158 valence electrons. The average molecular weight is 411 g/mol. The van der Waals surface area contributed by atoms with E-state index in [1.54, 1.807) is 43.5 Å². The Morgan fingerprint density at radius 3 is 2.60 bits per heavy atom. The van der Waals surface area contributed by atoms with Crippen LogP contribution in [0.4, 0.5) is 0 Å². The van der Waals surface area contributed by atoms with Crippen molar-refractivity contribution in [1.29, 1.82) is 0 Å². The summed E-state index contributed by atoms with van der Waals surface area (Å²) in [7, 11) is 1.56. The third-order valence-corrected chi connectivity index (χ3v) is 4.89. The highest BCUT2D eigenvalue weighted by Gasteiger charge is 2.45. The van der Waals surface area contributed by atoms with E-state index in [4.69, 9.17) is 9.47 Å². The quantitative estimate of drug-likeness (QED) is 0.300. The Hall–Kier alpha value is -3.32. The van der Waals surface area contributed by atoms with E-state index in [-0.39, 0.29) is 23.6 Å². The van der Waals surface area contributed by atoms with Crippen molar-refractivity contribution in [3.05, 3.63) is 65.2 Å². The van der Waals surface area contributed by atoms with E-state index in [1.165, 1.54) is 17.0 Å². The molecule has 0 radical (unpaired) electrons. The number of hydrogen-bond acceptors (Lipinski definition) is 6. The summed E-state index contributed by atoms with van der Waals surface area (Å²) in [6.07, 6.45) is 0.526. The molecule has 1 fully saturated rings. The molecule has 1 aliphatic rings. The first kappa shape index (κ1) is 21.4. The first-order valence-corrected chi connectivity index (χ1v) is 9.77. The van der Waals surface area contributed by atoms with Gasteiger partial charge in [-0.15, -0.1) is 0 Å². The van der Waals surface area contributed by atoms with Crippen LogP contribution in [0.15, 0.2) is 54.1 Å². The third-order valence-electron chi connectivity index (χ3n) is 4.89. The van der Waals surface area contributed by atoms with Crippen molar-refractivity contribution in [2.75, 3.05) is 26.9 Å². The maximum Gasteiger partial charge on any atom is 0.295 e. The summed E-state index contributed by atoms with van der Waals surface area (Å²) in [5, 5.41) is 21.0. The monoisotopic (exact) mass is 411 g/mol. The van der Waals surface area contributed by atoms with Gasteiger partial charge in [0.25, 0.3) is 11.7 Å². The number of aromatic hydroxyl groups is 1. The molecule has 0 aromatic heterocycles. The van der Waals surface area contributed by atoms with Gasteiger partial charge in [0.15, 0.2) is 0 Å². The minimum atomic E-state index is -0.815. The van der Waals surface area contributed by atoms with E-state index < -0.39 is 17.7 Å². The Labute approximate surface area is 175 Å². The van der Waals surface area contributed by atoms with Crippen LogP contribution < -0.4 is 4.74 Å². The number of methoxy groups -OCH3 is 1. The average Bonchev–Trinajstić information content (AvgIpc) is 2.99. The number of benzene rings is 2. The standard InChI is InChI=1S/C23H25NO6/c1-3-30-18-10-5-8-16(14-18)21(26)19-20(15-7-4-9-17(25)13-15)24(11-6-12-29-2)23(28)22(19)27/h4-5,7-10,13-14,20,25-26H,3,6,11-12H2,1-2H3/b21-19-. The van der Waals surface area contributed by atoms with Gasteiger partial charge in [-0.2, -0.15) is 0 Å². The molecular weight excluding hydrogens is 386 g/mol. The highest BCUT2D eigenvalue weighted by molar-refractivity contribution is 6.46. The zero-order valence-electron chi connectivity index (χ0n) is 17.0. The normalized spacial score (nSPS) is 18.1. The molecular formula is C23H25NO6. The molecule has 1 amide bonds. The van der Waals surface area contributed by atoms with Crippen LogP contribution in [0.1, 0.15) is 30.5 Å². The molecule has 0 bridgehead atoms. The van der Waals surface area contributed by atoms with Crippen LogP contribution >= 0.6 is 0 Å². The van der Waals surface area contributed by atoms with Crippen molar-refractivity contribution in [2.45, 2.75) is 19.4 Å². The number of phenols is 1. The number of amides is 1. The van der Waals surface area contributed by atoms with Crippen molar-refractivity contribution < 1.29 is 29.3 Å². The first-order chi connectivity index (χ1) is 14.5. The lowest BCUT2D eigenvalue weighted by atomic mass is 9.95. The maximum atomic E-state index is 12.9. The smallest absolute Gasteiger partial charge is 0.295 e. The molecule has 1 unspecified atom stereocenters. The molecule has 30 heavy (non-hydrogen) atoms. The molecule has 1 saturated heterocycles. The Morgan fingerprint density at radius 1 is 1.13 bits per heavy atom. The van der Waals surface area contributed by atoms with Gasteiger partial charge in [0.1, 0.15) is 17.3 Å². The number of rotatable bonds is 8. The van der Waals surface area contributed by atoms with Gasteiger partial charge in [0, 0.05) is 25.8 Å². The van der Waals surface area contributed by atoms with Crippen LogP contribution in [-0.2, 0) is 14.3 Å². The summed E-state index contributed by atoms with van der Waals surface area (Å²) < 4.78 is 10.5. The molecule has 1 heterocycles. The van der Waals surface area contributed by atoms with Gasteiger partial charge in [-0.1, -0.05) is 24.3 Å². The van der Waals surface area contributed by atoms with Crippen molar-refractivity contribution in [1.82, 2.24) is 4.90 Å². The Balaban J connectivity index is 2.11. The number of ether oxygens (including phenoxy) is 2. The van der Waals surface area contributed by atoms with Gasteiger partial charge in [-0.25, -0.2) is 0 Å². The number of aliphatic hydroxyl groups is 1. The second-order valence-electron chi connectivity index (χ2n) is 6.89. The summed E-state index contributed by atoms with van der Waals surface area (Å²) in [4.78, 5) is 27.1. The highest BCUT2D eigenvalue weighted by Crippen LogP contribution is 2.40. The van der Waals surface area contributed by atoms with Gasteiger partial charge in [-0.3, -0.25) is 9.59 Å². The van der Waals surface area contributed by atoms with Crippen molar-refractivity contribution in [3.63, 3.8) is 0 Å². The molecule has 2 aromatic carbocycles. The molecule has 0 saturated carbocycles. The van der Waals surface area contributed by atoms with Crippen molar-refractivity contribution in [2.24, 2.45) is 0 Å². The first-order valence-electron chi connectivity index (χ1n) is 9.77. The van der Waals surface area contributed by atoms with E-state index in [0.29, 0.717) is 36.5 Å². The summed E-state index contributed by atoms with van der Waals surface area (Å²) >= 11 is 0. The van der Waals surface area contributed by atoms with Crippen LogP contribution in [0, 0.1) is 0 Å². The number of ketones is 1. The molecule has 0 spiro atoms. The molecule has 7 nitrogen and oxygen atoms in total. The highest BCUT2D eigenvalue weighted by atomic mass is 16.5. The van der Waals surface area contributed by atoms with Gasteiger partial charge in [0.05, 0.1) is 18.2 Å². The van der Waals surface area contributed by atoms with Gasteiger partial charge in [0.2, 0.25) is 0 Å². The second-order valence-corrected chi connectivity index (χ2v) is 6.89. The topological polar surface area (TPSA) is 96.3 Å². The molecule has 1 aliphatic heterocycles. The minimum Gasteiger partial charge on any atom is -0.508 e. The molecule has 7 heteroatoms. The summed E-state index contributed by atoms with van der Waals surface area (Å²) in [5.74, 6) is -1.18. The Kier molecular flexibility index (Phi) is 6.74. The fraction of sp³-hybridized carbons (Fsp3) is 0.304. The van der Waals surface area contributed by atoms with Crippen LogP contribution in [0.3, 0.4) is 0 Å². The fourth-order valence-corrected chi connectivity index (χ4v) is 3.59. The van der Waals surface area contributed by atoms with Gasteiger partial charge < -0.3 is 24.6 Å². The van der Waals surface area contributed by atoms with Crippen molar-refractivity contribution >= 4 is 17.4 Å². The number of aliphatic hydroxyl groups excluding tert-OH is 1. The number of nitrogens with zero attached hydrogens (tertiary/aromatic N) is 1. The lowest BCUT2D eigenvalue weighted by Gasteiger charge is -2.25. The second kappa shape index (κ2) is 9.45. The predicted octanol–water partition coefficient (Wildman–Crippen LogP) is 3.25. The zero-order chi connectivity index (χ0) is 21.7. The maximum absolute atomic E-state index is 12.9. The molecule has 3 rings (SSSR count).